The highest BCUT2D eigenvalue weighted by atomic mass is 16.6. The predicted octanol–water partition coefficient (Wildman–Crippen LogP) is 1.85. The number of hydrogen-bond acceptors (Lipinski definition) is 4. The van der Waals surface area contributed by atoms with Crippen molar-refractivity contribution in [3.63, 3.8) is 0 Å². The van der Waals surface area contributed by atoms with Gasteiger partial charge in [0.1, 0.15) is 5.58 Å². The van der Waals surface area contributed by atoms with Crippen molar-refractivity contribution in [1.82, 2.24) is 4.90 Å². The first-order valence-corrected chi connectivity index (χ1v) is 5.00. The monoisotopic (exact) mass is 233 g/mol. The van der Waals surface area contributed by atoms with Crippen LogP contribution in [0.25, 0.3) is 11.0 Å². The molecule has 0 N–H and O–H groups in total. The van der Waals surface area contributed by atoms with Gasteiger partial charge < -0.3 is 14.1 Å². The minimum Gasteiger partial charge on any atom is -0.422 e. The van der Waals surface area contributed by atoms with E-state index in [2.05, 4.69) is 0 Å². The summed E-state index contributed by atoms with van der Waals surface area (Å²) in [6, 6.07) is 8.03. The van der Waals surface area contributed by atoms with Gasteiger partial charge in [0.25, 0.3) is 0 Å². The third-order valence-corrected chi connectivity index (χ3v) is 2.17. The van der Waals surface area contributed by atoms with Crippen molar-refractivity contribution in [2.24, 2.45) is 0 Å². The van der Waals surface area contributed by atoms with Crippen molar-refractivity contribution in [2.45, 2.75) is 0 Å². The van der Waals surface area contributed by atoms with Gasteiger partial charge in [-0.25, -0.2) is 9.59 Å². The zero-order valence-electron chi connectivity index (χ0n) is 9.47. The fourth-order valence-corrected chi connectivity index (χ4v) is 1.35. The van der Waals surface area contributed by atoms with E-state index in [0.29, 0.717) is 11.0 Å². The minimum atomic E-state index is -0.551. The van der Waals surface area contributed by atoms with Gasteiger partial charge in [-0.1, -0.05) is 12.1 Å². The average molecular weight is 233 g/mol. The van der Waals surface area contributed by atoms with Crippen LogP contribution in [-0.2, 0) is 0 Å². The van der Waals surface area contributed by atoms with Crippen molar-refractivity contribution < 1.29 is 13.9 Å². The smallest absolute Gasteiger partial charge is 0.414 e. The summed E-state index contributed by atoms with van der Waals surface area (Å²) in [5, 5.41) is 0.585. The molecule has 5 nitrogen and oxygen atoms in total. The standard InChI is InChI=1S/C12H11NO4/c1-13(2)12(15)17-10-7-11(14)16-9-6-4-3-5-8(9)10/h3-7H,1-2H3. The van der Waals surface area contributed by atoms with Gasteiger partial charge in [-0.2, -0.15) is 0 Å². The largest absolute Gasteiger partial charge is 0.422 e. The number of ether oxygens (including phenoxy) is 1. The van der Waals surface area contributed by atoms with E-state index < -0.39 is 11.7 Å². The van der Waals surface area contributed by atoms with Gasteiger partial charge in [0, 0.05) is 14.1 Å². The Morgan fingerprint density at radius 2 is 2.00 bits per heavy atom. The first kappa shape index (κ1) is 11.2. The molecule has 2 aromatic rings. The highest BCUT2D eigenvalue weighted by Gasteiger charge is 2.11. The Kier molecular flexibility index (Phi) is 2.82. The van der Waals surface area contributed by atoms with Crippen molar-refractivity contribution in [3.05, 3.63) is 40.8 Å². The van der Waals surface area contributed by atoms with Crippen molar-refractivity contribution in [3.8, 4) is 5.75 Å². The van der Waals surface area contributed by atoms with Gasteiger partial charge in [-0.3, -0.25) is 0 Å². The normalized spacial score (nSPS) is 10.2. The van der Waals surface area contributed by atoms with E-state index in [1.165, 1.54) is 4.90 Å². The van der Waals surface area contributed by atoms with E-state index in [4.69, 9.17) is 9.15 Å². The number of hydrogen-bond donors (Lipinski definition) is 0. The summed E-state index contributed by atoms with van der Waals surface area (Å²) in [6.45, 7) is 0. The van der Waals surface area contributed by atoms with Crippen LogP contribution in [0.15, 0.2) is 39.5 Å². The van der Waals surface area contributed by atoms with Crippen molar-refractivity contribution in [2.75, 3.05) is 14.1 Å². The second kappa shape index (κ2) is 4.29. The molecule has 0 unspecified atom stereocenters. The molecule has 0 spiro atoms. The maximum Gasteiger partial charge on any atom is 0.414 e. The second-order valence-electron chi connectivity index (χ2n) is 3.69. The maximum atomic E-state index is 11.4. The van der Waals surface area contributed by atoms with E-state index in [1.54, 1.807) is 38.4 Å². The zero-order valence-corrected chi connectivity index (χ0v) is 9.47. The molecule has 1 heterocycles. The van der Waals surface area contributed by atoms with Gasteiger partial charge in [0.2, 0.25) is 0 Å². The first-order valence-electron chi connectivity index (χ1n) is 5.00. The molecule has 0 aliphatic carbocycles. The number of nitrogens with zero attached hydrogens (tertiary/aromatic N) is 1. The Morgan fingerprint density at radius 3 is 2.71 bits per heavy atom. The highest BCUT2D eigenvalue weighted by Crippen LogP contribution is 2.23. The molecule has 0 radical (unpaired) electrons. The van der Waals surface area contributed by atoms with E-state index in [9.17, 15) is 9.59 Å². The van der Waals surface area contributed by atoms with Crippen LogP contribution >= 0.6 is 0 Å². The molecule has 0 atom stereocenters. The lowest BCUT2D eigenvalue weighted by molar-refractivity contribution is 0.172. The zero-order chi connectivity index (χ0) is 12.4. The van der Waals surface area contributed by atoms with E-state index >= 15 is 0 Å². The van der Waals surface area contributed by atoms with Gasteiger partial charge in [-0.05, 0) is 12.1 Å². The van der Waals surface area contributed by atoms with Crippen LogP contribution in [0.5, 0.6) is 5.75 Å². The number of rotatable bonds is 1. The lowest BCUT2D eigenvalue weighted by Gasteiger charge is -2.11. The molecule has 0 saturated carbocycles. The van der Waals surface area contributed by atoms with Gasteiger partial charge in [-0.15, -0.1) is 0 Å². The molecule has 0 saturated heterocycles. The molecule has 1 amide bonds. The highest BCUT2D eigenvalue weighted by molar-refractivity contribution is 5.85. The molecule has 0 fully saturated rings. The summed E-state index contributed by atoms with van der Waals surface area (Å²) in [4.78, 5) is 24.0. The van der Waals surface area contributed by atoms with Crippen LogP contribution < -0.4 is 10.4 Å². The summed E-state index contributed by atoms with van der Waals surface area (Å²) in [7, 11) is 3.13. The molecule has 0 aliphatic rings. The Hall–Kier alpha value is -2.30. The molecule has 1 aromatic heterocycles. The molecule has 17 heavy (non-hydrogen) atoms. The van der Waals surface area contributed by atoms with Crippen LogP contribution in [0, 0.1) is 0 Å². The van der Waals surface area contributed by atoms with Crippen molar-refractivity contribution >= 4 is 17.1 Å². The number of carbonyl (C=O) groups is 1. The summed E-state index contributed by atoms with van der Waals surface area (Å²) >= 11 is 0. The van der Waals surface area contributed by atoms with E-state index in [1.807, 2.05) is 0 Å². The SMILES string of the molecule is CN(C)C(=O)Oc1cc(=O)oc2ccccc12. The van der Waals surface area contributed by atoms with Crippen LogP contribution in [0.1, 0.15) is 0 Å². The number of amides is 1. The summed E-state index contributed by atoms with van der Waals surface area (Å²) in [5.74, 6) is 0.204. The number of fused-ring (bicyclic) bond motifs is 1. The van der Waals surface area contributed by atoms with Crippen LogP contribution in [0.4, 0.5) is 4.79 Å². The lowest BCUT2D eigenvalue weighted by Crippen LogP contribution is -2.25. The van der Waals surface area contributed by atoms with E-state index in [-0.39, 0.29) is 5.75 Å². The van der Waals surface area contributed by atoms with Crippen LogP contribution in [-0.4, -0.2) is 25.1 Å². The Balaban J connectivity index is 2.53. The molecular weight excluding hydrogens is 222 g/mol. The number of carbonyl (C=O) groups excluding carboxylic acids is 1. The van der Waals surface area contributed by atoms with Crippen molar-refractivity contribution in [1.29, 1.82) is 0 Å². The lowest BCUT2D eigenvalue weighted by atomic mass is 10.2. The average Bonchev–Trinajstić information content (AvgIpc) is 2.28. The number of benzene rings is 1. The Bertz CT molecular complexity index is 615. The van der Waals surface area contributed by atoms with Gasteiger partial charge >= 0.3 is 11.7 Å². The molecule has 5 heteroatoms. The maximum absolute atomic E-state index is 11.4. The number of para-hydroxylation sites is 1. The third kappa shape index (κ3) is 2.28. The topological polar surface area (TPSA) is 59.8 Å². The first-order chi connectivity index (χ1) is 8.08. The minimum absolute atomic E-state index is 0.204. The Labute approximate surface area is 97.2 Å². The van der Waals surface area contributed by atoms with Crippen LogP contribution in [0.2, 0.25) is 0 Å². The predicted molar refractivity (Wildman–Crippen MR) is 62.2 cm³/mol. The fourth-order valence-electron chi connectivity index (χ4n) is 1.35. The molecule has 2 rings (SSSR count). The second-order valence-corrected chi connectivity index (χ2v) is 3.69. The van der Waals surface area contributed by atoms with Crippen LogP contribution in [0.3, 0.4) is 0 Å². The third-order valence-electron chi connectivity index (χ3n) is 2.17. The summed E-state index contributed by atoms with van der Waals surface area (Å²) in [6.07, 6.45) is -0.541. The molecule has 1 aromatic carbocycles. The summed E-state index contributed by atoms with van der Waals surface area (Å²) < 4.78 is 10.1. The summed E-state index contributed by atoms with van der Waals surface area (Å²) in [5.41, 5.74) is -0.160. The molecule has 0 aliphatic heterocycles. The molecule has 0 bridgehead atoms. The molecular formula is C12H11NO4. The van der Waals surface area contributed by atoms with E-state index in [0.717, 1.165) is 6.07 Å². The fraction of sp³-hybridized carbons (Fsp3) is 0.167. The molecule has 88 valence electrons. The van der Waals surface area contributed by atoms with Gasteiger partial charge in [0.15, 0.2) is 5.75 Å². The Morgan fingerprint density at radius 1 is 1.29 bits per heavy atom. The van der Waals surface area contributed by atoms with Gasteiger partial charge in [0.05, 0.1) is 11.5 Å². The quantitative estimate of drug-likeness (QED) is 0.705.